The van der Waals surface area contributed by atoms with Crippen molar-refractivity contribution in [2.75, 3.05) is 6.61 Å². The Morgan fingerprint density at radius 1 is 1.00 bits per heavy atom. The molecule has 6 nitrogen and oxygen atoms in total. The lowest BCUT2D eigenvalue weighted by Gasteiger charge is -2.12. The molecule has 0 fully saturated rings. The number of aryl methyl sites for hydroxylation is 2. The predicted molar refractivity (Wildman–Crippen MR) is 108 cm³/mol. The van der Waals surface area contributed by atoms with Gasteiger partial charge in [-0.15, -0.1) is 0 Å². The largest absolute Gasteiger partial charge is 0.507 e. The van der Waals surface area contributed by atoms with Gasteiger partial charge in [-0.25, -0.2) is 4.79 Å². The van der Waals surface area contributed by atoms with Crippen LogP contribution in [0.15, 0.2) is 71.7 Å². The van der Waals surface area contributed by atoms with Crippen molar-refractivity contribution in [2.24, 2.45) is 0 Å². The Bertz CT molecular complexity index is 1090. The molecule has 0 saturated heterocycles. The van der Waals surface area contributed by atoms with Gasteiger partial charge in [0.1, 0.15) is 11.3 Å². The van der Waals surface area contributed by atoms with Crippen LogP contribution in [0.3, 0.4) is 0 Å². The third-order valence-electron chi connectivity index (χ3n) is 4.48. The molecule has 0 aliphatic rings. The minimum absolute atomic E-state index is 0.0931. The summed E-state index contributed by atoms with van der Waals surface area (Å²) < 4.78 is 6.32. The first-order valence-electron chi connectivity index (χ1n) is 9.29. The van der Waals surface area contributed by atoms with Crippen LogP contribution >= 0.6 is 0 Å². The molecular weight excluding hydrogens is 370 g/mol. The molecule has 1 N–H and O–H groups in total. The zero-order chi connectivity index (χ0) is 20.8. The summed E-state index contributed by atoms with van der Waals surface area (Å²) in [6.07, 6.45) is 1.97. The maximum Gasteiger partial charge on any atom is 0.343 e. The van der Waals surface area contributed by atoms with Gasteiger partial charge in [0.05, 0.1) is 12.2 Å². The number of hydrogen-bond donors (Lipinski definition) is 1. The molecule has 0 bridgehead atoms. The summed E-state index contributed by atoms with van der Waals surface area (Å²) in [7, 11) is 0. The van der Waals surface area contributed by atoms with Gasteiger partial charge in [0.15, 0.2) is 5.78 Å². The lowest BCUT2D eigenvalue weighted by molar-refractivity contribution is 0.0523. The molecule has 0 saturated carbocycles. The summed E-state index contributed by atoms with van der Waals surface area (Å²) in [5.74, 6) is -1.43. The molecule has 29 heavy (non-hydrogen) atoms. The number of rotatable bonds is 7. The normalized spacial score (nSPS) is 10.5. The number of aromatic nitrogens is 1. The fraction of sp³-hybridized carbons (Fsp3) is 0.174. The van der Waals surface area contributed by atoms with Gasteiger partial charge in [-0.1, -0.05) is 42.5 Å². The van der Waals surface area contributed by atoms with Crippen molar-refractivity contribution < 1.29 is 19.4 Å². The number of pyridine rings is 1. The number of carbonyl (C=O) groups is 2. The standard InChI is InChI=1S/C23H21NO5/c1-2-29-23(28)19-14-17(21(26)18-10-6-7-11-20(18)25)15-24(22(19)27)13-12-16-8-4-3-5-9-16/h3-11,14-15,25H,2,12-13H2,1H3. The minimum atomic E-state index is -0.780. The second kappa shape index (κ2) is 9.01. The molecule has 0 radical (unpaired) electrons. The van der Waals surface area contributed by atoms with E-state index in [1.54, 1.807) is 19.1 Å². The van der Waals surface area contributed by atoms with Crippen LogP contribution in [0.5, 0.6) is 5.75 Å². The van der Waals surface area contributed by atoms with Crippen LogP contribution in [0.4, 0.5) is 0 Å². The summed E-state index contributed by atoms with van der Waals surface area (Å²) >= 11 is 0. The first kappa shape index (κ1) is 20.1. The Morgan fingerprint density at radius 2 is 1.69 bits per heavy atom. The van der Waals surface area contributed by atoms with Gasteiger partial charge in [0, 0.05) is 18.3 Å². The molecule has 0 amide bonds. The smallest absolute Gasteiger partial charge is 0.343 e. The highest BCUT2D eigenvalue weighted by molar-refractivity contribution is 6.11. The monoisotopic (exact) mass is 391 g/mol. The van der Waals surface area contributed by atoms with Crippen molar-refractivity contribution in [3.05, 3.63) is 99.5 Å². The average Bonchev–Trinajstić information content (AvgIpc) is 2.73. The van der Waals surface area contributed by atoms with E-state index >= 15 is 0 Å². The highest BCUT2D eigenvalue weighted by atomic mass is 16.5. The van der Waals surface area contributed by atoms with Gasteiger partial charge >= 0.3 is 5.97 Å². The summed E-state index contributed by atoms with van der Waals surface area (Å²) in [6, 6.07) is 16.9. The van der Waals surface area contributed by atoms with Crippen LogP contribution in [0.1, 0.15) is 38.8 Å². The van der Waals surface area contributed by atoms with Gasteiger partial charge in [-0.3, -0.25) is 9.59 Å². The van der Waals surface area contributed by atoms with Crippen molar-refractivity contribution in [3.63, 3.8) is 0 Å². The van der Waals surface area contributed by atoms with E-state index < -0.39 is 17.3 Å². The van der Waals surface area contributed by atoms with Crippen LogP contribution in [0, 0.1) is 0 Å². The second-order valence-corrected chi connectivity index (χ2v) is 6.44. The van der Waals surface area contributed by atoms with E-state index in [-0.39, 0.29) is 35.6 Å². The van der Waals surface area contributed by atoms with Crippen molar-refractivity contribution in [3.8, 4) is 5.75 Å². The van der Waals surface area contributed by atoms with Gasteiger partial charge in [0.25, 0.3) is 5.56 Å². The Labute approximate surface area is 168 Å². The van der Waals surface area contributed by atoms with E-state index in [4.69, 9.17) is 4.74 Å². The summed E-state index contributed by atoms with van der Waals surface area (Å²) in [5, 5.41) is 10.00. The third kappa shape index (κ3) is 4.60. The Balaban J connectivity index is 2.02. The lowest BCUT2D eigenvalue weighted by atomic mass is 10.0. The number of nitrogens with zero attached hydrogens (tertiary/aromatic N) is 1. The van der Waals surface area contributed by atoms with E-state index in [0.717, 1.165) is 5.56 Å². The fourth-order valence-corrected chi connectivity index (χ4v) is 3.00. The topological polar surface area (TPSA) is 85.6 Å². The molecule has 148 valence electrons. The highest BCUT2D eigenvalue weighted by Crippen LogP contribution is 2.20. The number of esters is 1. The van der Waals surface area contributed by atoms with E-state index in [9.17, 15) is 19.5 Å². The Kier molecular flexibility index (Phi) is 6.24. The number of hydrogen-bond acceptors (Lipinski definition) is 5. The number of phenols is 1. The predicted octanol–water partition coefficient (Wildman–Crippen LogP) is 3.20. The second-order valence-electron chi connectivity index (χ2n) is 6.44. The van der Waals surface area contributed by atoms with Crippen LogP contribution < -0.4 is 5.56 Å². The van der Waals surface area contributed by atoms with Gasteiger partial charge in [0.2, 0.25) is 0 Å². The summed E-state index contributed by atoms with van der Waals surface area (Å²) in [6.45, 7) is 2.04. The number of ketones is 1. The SMILES string of the molecule is CCOC(=O)c1cc(C(=O)c2ccccc2O)cn(CCc2ccccc2)c1=O. The molecule has 0 spiro atoms. The number of carbonyl (C=O) groups excluding carboxylic acids is 2. The molecule has 6 heteroatoms. The number of phenolic OH excluding ortho intramolecular Hbond substituents is 1. The van der Waals surface area contributed by atoms with Crippen molar-refractivity contribution >= 4 is 11.8 Å². The van der Waals surface area contributed by atoms with Gasteiger partial charge in [-0.05, 0) is 37.1 Å². The maximum absolute atomic E-state index is 12.9. The van der Waals surface area contributed by atoms with E-state index in [2.05, 4.69) is 0 Å². The Hall–Kier alpha value is -3.67. The maximum atomic E-state index is 12.9. The molecule has 2 aromatic carbocycles. The number of aromatic hydroxyl groups is 1. The van der Waals surface area contributed by atoms with Crippen LogP contribution in [0.25, 0.3) is 0 Å². The molecule has 0 aliphatic carbocycles. The van der Waals surface area contributed by atoms with Crippen LogP contribution in [0.2, 0.25) is 0 Å². The number of benzene rings is 2. The molecule has 0 atom stereocenters. The van der Waals surface area contributed by atoms with Gasteiger partial charge in [-0.2, -0.15) is 0 Å². The van der Waals surface area contributed by atoms with E-state index in [1.165, 1.54) is 29.0 Å². The highest BCUT2D eigenvalue weighted by Gasteiger charge is 2.20. The molecule has 0 aliphatic heterocycles. The lowest BCUT2D eigenvalue weighted by Crippen LogP contribution is -2.29. The molecular formula is C23H21NO5. The minimum Gasteiger partial charge on any atom is -0.507 e. The first-order valence-corrected chi connectivity index (χ1v) is 9.29. The quantitative estimate of drug-likeness (QED) is 0.494. The summed E-state index contributed by atoms with van der Waals surface area (Å²) in [4.78, 5) is 38.0. The number of ether oxygens (including phenoxy) is 1. The third-order valence-corrected chi connectivity index (χ3v) is 4.48. The molecule has 1 aromatic heterocycles. The van der Waals surface area contributed by atoms with Crippen LogP contribution in [-0.2, 0) is 17.7 Å². The number of para-hydroxylation sites is 1. The van der Waals surface area contributed by atoms with Crippen LogP contribution in [-0.4, -0.2) is 28.0 Å². The van der Waals surface area contributed by atoms with E-state index in [0.29, 0.717) is 6.42 Å². The summed E-state index contributed by atoms with van der Waals surface area (Å²) in [5.41, 5.74) is 0.515. The van der Waals surface area contributed by atoms with Crippen molar-refractivity contribution in [1.82, 2.24) is 4.57 Å². The van der Waals surface area contributed by atoms with Crippen molar-refractivity contribution in [2.45, 2.75) is 19.9 Å². The first-order chi connectivity index (χ1) is 14.0. The Morgan fingerprint density at radius 3 is 2.38 bits per heavy atom. The van der Waals surface area contributed by atoms with Gasteiger partial charge < -0.3 is 14.4 Å². The molecule has 3 aromatic rings. The zero-order valence-corrected chi connectivity index (χ0v) is 16.0. The molecule has 0 unspecified atom stereocenters. The molecule has 3 rings (SSSR count). The zero-order valence-electron chi connectivity index (χ0n) is 16.0. The average molecular weight is 391 g/mol. The van der Waals surface area contributed by atoms with Crippen molar-refractivity contribution in [1.29, 1.82) is 0 Å². The fourth-order valence-electron chi connectivity index (χ4n) is 3.00. The molecule has 1 heterocycles. The van der Waals surface area contributed by atoms with E-state index in [1.807, 2.05) is 30.3 Å².